The Balaban J connectivity index is 1.40. The van der Waals surface area contributed by atoms with E-state index in [0.29, 0.717) is 48.1 Å². The Kier molecular flexibility index (Phi) is 14.1. The summed E-state index contributed by atoms with van der Waals surface area (Å²) >= 11 is 4.49. The maximum Gasteiger partial charge on any atom is 0.404 e. The summed E-state index contributed by atoms with van der Waals surface area (Å²) in [7, 11) is -4.85. The highest BCUT2D eigenvalue weighted by Crippen LogP contribution is 2.67. The third-order valence-corrected chi connectivity index (χ3v) is 13.4. The van der Waals surface area contributed by atoms with Crippen molar-refractivity contribution in [3.05, 3.63) is 63.4 Å². The molecule has 2 fully saturated rings. The molecule has 54 heavy (non-hydrogen) atoms. The number of ether oxygens (including phenoxy) is 1. The lowest BCUT2D eigenvalue weighted by Gasteiger charge is -2.39. The normalized spacial score (nSPS) is 19.6. The largest absolute Gasteiger partial charge is 0.466 e. The van der Waals surface area contributed by atoms with Gasteiger partial charge in [-0.05, 0) is 94.4 Å². The molecule has 2 aliphatic rings. The van der Waals surface area contributed by atoms with Gasteiger partial charge in [-0.25, -0.2) is 0 Å². The molecule has 5 rings (SSSR count). The lowest BCUT2D eigenvalue weighted by atomic mass is 10.1. The topological polar surface area (TPSA) is 135 Å². The number of likely N-dealkylation sites (N-methyl/N-ethyl adjacent to an activating group) is 1. The molecule has 2 aliphatic heterocycles. The first-order valence-electron chi connectivity index (χ1n) is 18.2. The number of esters is 1. The van der Waals surface area contributed by atoms with Crippen molar-refractivity contribution in [2.75, 3.05) is 50.9 Å². The number of carbonyl (C=O) groups excluding carboxylic acids is 4. The molecule has 1 aromatic heterocycles. The highest BCUT2D eigenvalue weighted by Gasteiger charge is 2.55. The van der Waals surface area contributed by atoms with Crippen LogP contribution in [0.4, 0.5) is 14.5 Å². The van der Waals surface area contributed by atoms with Crippen LogP contribution in [0.1, 0.15) is 68.6 Å². The van der Waals surface area contributed by atoms with Crippen LogP contribution in [0.2, 0.25) is 0 Å². The Morgan fingerprint density at radius 1 is 1.00 bits per heavy atom. The van der Waals surface area contributed by atoms with Crippen molar-refractivity contribution in [2.45, 2.75) is 77.2 Å². The van der Waals surface area contributed by atoms with Gasteiger partial charge in [0.1, 0.15) is 12.1 Å². The number of carbonyl (C=O) groups is 4. The first-order valence-corrected chi connectivity index (χ1v) is 21.3. The first-order chi connectivity index (χ1) is 25.8. The van der Waals surface area contributed by atoms with Crippen LogP contribution in [-0.2, 0) is 38.4 Å². The van der Waals surface area contributed by atoms with Crippen molar-refractivity contribution in [2.24, 2.45) is 0 Å². The number of alkyl halides is 2. The Morgan fingerprint density at radius 2 is 1.70 bits per heavy atom. The van der Waals surface area contributed by atoms with E-state index < -0.39 is 48.7 Å². The molecule has 0 saturated carbocycles. The molecule has 0 bridgehead atoms. The number of nitrogens with one attached hydrogen (secondary N) is 1. The molecule has 12 nitrogen and oxygen atoms in total. The molecule has 0 spiro atoms. The predicted molar refractivity (Wildman–Crippen MR) is 206 cm³/mol. The summed E-state index contributed by atoms with van der Waals surface area (Å²) < 4.78 is 60.5. The molecule has 294 valence electrons. The average Bonchev–Trinajstić information content (AvgIpc) is 3.77. The summed E-state index contributed by atoms with van der Waals surface area (Å²) in [4.78, 5) is 60.5. The van der Waals surface area contributed by atoms with Crippen molar-refractivity contribution in [1.29, 1.82) is 0 Å². The van der Waals surface area contributed by atoms with Crippen LogP contribution in [-0.4, -0.2) is 97.6 Å². The zero-order chi connectivity index (χ0) is 39.2. The number of hydrogen-bond donors (Lipinski definition) is 1. The molecule has 3 amide bonds. The van der Waals surface area contributed by atoms with E-state index in [0.717, 1.165) is 27.9 Å². The van der Waals surface area contributed by atoms with Crippen LogP contribution in [0.15, 0.2) is 53.0 Å². The quantitative estimate of drug-likeness (QED) is 0.125. The van der Waals surface area contributed by atoms with Crippen LogP contribution in [0.5, 0.6) is 0 Å². The van der Waals surface area contributed by atoms with Crippen molar-refractivity contribution >= 4 is 74.3 Å². The molecule has 0 radical (unpaired) electrons. The minimum Gasteiger partial charge on any atom is -0.466 e. The second kappa shape index (κ2) is 18.1. The van der Waals surface area contributed by atoms with Crippen molar-refractivity contribution in [3.63, 3.8) is 0 Å². The van der Waals surface area contributed by atoms with Crippen molar-refractivity contribution in [3.8, 4) is 0 Å². The van der Waals surface area contributed by atoms with E-state index in [1.165, 1.54) is 30.9 Å². The summed E-state index contributed by atoms with van der Waals surface area (Å²) in [5.41, 5.74) is -3.95. The van der Waals surface area contributed by atoms with Crippen LogP contribution >= 0.6 is 34.9 Å². The third kappa shape index (κ3) is 9.05. The highest BCUT2D eigenvalue weighted by atomic mass is 79.9. The van der Waals surface area contributed by atoms with E-state index in [4.69, 9.17) is 13.8 Å². The zero-order valence-corrected chi connectivity index (χ0v) is 34.0. The van der Waals surface area contributed by atoms with E-state index in [1.807, 2.05) is 6.92 Å². The van der Waals surface area contributed by atoms with E-state index in [-0.39, 0.29) is 56.2 Å². The van der Waals surface area contributed by atoms with Gasteiger partial charge in [-0.1, -0.05) is 28.9 Å². The summed E-state index contributed by atoms with van der Waals surface area (Å²) in [6.45, 7) is 7.85. The van der Waals surface area contributed by atoms with Gasteiger partial charge in [0.05, 0.1) is 31.1 Å². The van der Waals surface area contributed by atoms with Gasteiger partial charge in [-0.2, -0.15) is 8.78 Å². The van der Waals surface area contributed by atoms with Crippen molar-refractivity contribution < 1.29 is 46.3 Å². The number of halogens is 3. The van der Waals surface area contributed by atoms with E-state index in [9.17, 15) is 23.7 Å². The molecule has 3 aromatic rings. The first kappa shape index (κ1) is 41.9. The summed E-state index contributed by atoms with van der Waals surface area (Å²) in [6.07, 6.45) is 1.62. The molecule has 2 saturated heterocycles. The van der Waals surface area contributed by atoms with Gasteiger partial charge >= 0.3 is 19.2 Å². The molecule has 1 N–H and O–H groups in total. The lowest BCUT2D eigenvalue weighted by Crippen LogP contribution is -2.60. The number of fused-ring (bicyclic) bond motifs is 2. The van der Waals surface area contributed by atoms with E-state index in [2.05, 4.69) is 26.1 Å². The minimum absolute atomic E-state index is 0.0312. The smallest absolute Gasteiger partial charge is 0.404 e. The third-order valence-electron chi connectivity index (χ3n) is 9.59. The molecule has 3 heterocycles. The Bertz CT molecular complexity index is 1870. The second-order valence-corrected chi connectivity index (χ2v) is 17.0. The summed E-state index contributed by atoms with van der Waals surface area (Å²) in [5.74, 6) is -1.73. The number of nitrogens with zero attached hydrogens (tertiary/aromatic N) is 3. The maximum atomic E-state index is 15.5. The molecule has 0 unspecified atom stereocenters. The molecular formula is C37H46BrF2N4O8PS. The Morgan fingerprint density at radius 3 is 2.35 bits per heavy atom. The number of amides is 3. The average molecular weight is 856 g/mol. The fraction of sp³-hybridized carbons (Fsp3) is 0.514. The maximum absolute atomic E-state index is 15.5. The van der Waals surface area contributed by atoms with Gasteiger partial charge in [0, 0.05) is 46.1 Å². The Hall–Kier alpha value is -3.27. The standard InChI is InChI=1S/C37H46BrF2N4O8PS/c1-5-42-19-17-28-14-15-30(36(48)43(20-18-33(45)50-6-2)27-12-10-26(38)11-13-27)44(28)35(47)29(23-42)41-34(46)32-22-24-21-25(9-16-31(24)54-32)37(39,40)53(49,51-7-3)52-8-4/h9-13,16,21-22,28-30H,5-8,14-15,17-20,23H2,1-4H3,(H,41,46)/t28-,29+,30+/m1/s1. The summed E-state index contributed by atoms with van der Waals surface area (Å²) in [5, 5.41) is 3.21. The monoisotopic (exact) mass is 854 g/mol. The number of thiophene rings is 1. The zero-order valence-electron chi connectivity index (χ0n) is 30.7. The molecule has 2 aromatic carbocycles. The van der Waals surface area contributed by atoms with Gasteiger partial charge in [0.15, 0.2) is 0 Å². The lowest BCUT2D eigenvalue weighted by molar-refractivity contribution is -0.144. The van der Waals surface area contributed by atoms with Gasteiger partial charge in [0.25, 0.3) is 5.91 Å². The predicted octanol–water partition coefficient (Wildman–Crippen LogP) is 7.15. The van der Waals surface area contributed by atoms with E-state index >= 15 is 8.78 Å². The number of benzene rings is 2. The Labute approximate surface area is 326 Å². The molecule has 0 aliphatic carbocycles. The second-order valence-electron chi connectivity index (χ2n) is 13.0. The van der Waals surface area contributed by atoms with Crippen LogP contribution in [0.25, 0.3) is 10.1 Å². The molecule has 17 heteroatoms. The van der Waals surface area contributed by atoms with Crippen molar-refractivity contribution in [1.82, 2.24) is 15.1 Å². The van der Waals surface area contributed by atoms with Gasteiger partial charge < -0.3 is 33.8 Å². The van der Waals surface area contributed by atoms with Crippen LogP contribution in [0, 0.1) is 0 Å². The van der Waals surface area contributed by atoms with Gasteiger partial charge in [0.2, 0.25) is 11.8 Å². The summed E-state index contributed by atoms with van der Waals surface area (Å²) in [6, 6.07) is 10.2. The van der Waals surface area contributed by atoms with E-state index in [1.54, 1.807) is 36.1 Å². The highest BCUT2D eigenvalue weighted by molar-refractivity contribution is 9.10. The van der Waals surface area contributed by atoms with Gasteiger partial charge in [-0.3, -0.25) is 23.7 Å². The number of rotatable bonds is 15. The van der Waals surface area contributed by atoms with Crippen LogP contribution < -0.4 is 10.2 Å². The fourth-order valence-electron chi connectivity index (χ4n) is 6.95. The minimum atomic E-state index is -4.85. The number of hydrogen-bond acceptors (Lipinski definition) is 10. The SMILES string of the molecule is CCOC(=O)CCN(C(=O)[C@@H]1CC[C@@H]2CCN(CC)C[C@H](NC(=O)c3cc4cc(C(F)(F)P(=O)(OCC)OCC)ccc4s3)C(=O)N21)c1ccc(Br)cc1. The van der Waals surface area contributed by atoms with Crippen LogP contribution in [0.3, 0.4) is 0 Å². The van der Waals surface area contributed by atoms with Gasteiger partial charge in [-0.15, -0.1) is 11.3 Å². The molecular weight excluding hydrogens is 809 g/mol. The molecule has 3 atom stereocenters. The fourth-order valence-corrected chi connectivity index (χ4v) is 9.69. The number of anilines is 1.